The molecule has 0 unspecified atom stereocenters. The molecule has 0 saturated carbocycles. The second kappa shape index (κ2) is 5.34. The topological polar surface area (TPSA) is 47.7 Å². The molecule has 5 heteroatoms. The van der Waals surface area contributed by atoms with Gasteiger partial charge in [-0.05, 0) is 12.8 Å². The van der Waals surface area contributed by atoms with Crippen molar-refractivity contribution < 1.29 is 0 Å². The number of rotatable bonds is 6. The van der Waals surface area contributed by atoms with E-state index in [0.717, 1.165) is 31.9 Å². The Bertz CT molecular complexity index is 404. The molecule has 1 N–H and O–H groups in total. The minimum Gasteiger partial charge on any atom is -0.359 e. The van der Waals surface area contributed by atoms with Gasteiger partial charge in [-0.25, -0.2) is 9.97 Å². The highest BCUT2D eigenvalue weighted by Crippen LogP contribution is 2.05. The third kappa shape index (κ3) is 2.62. The van der Waals surface area contributed by atoms with Gasteiger partial charge >= 0.3 is 0 Å². The smallest absolute Gasteiger partial charge is 0.202 e. The van der Waals surface area contributed by atoms with Crippen LogP contribution < -0.4 is 5.32 Å². The predicted octanol–water partition coefficient (Wildman–Crippen LogP) is 1.60. The van der Waals surface area contributed by atoms with Crippen molar-refractivity contribution in [3.05, 3.63) is 31.1 Å². The number of anilines is 1. The van der Waals surface area contributed by atoms with E-state index in [-0.39, 0.29) is 0 Å². The molecule has 0 atom stereocenters. The average molecular weight is 219 g/mol. The van der Waals surface area contributed by atoms with Gasteiger partial charge in [-0.1, -0.05) is 0 Å². The van der Waals surface area contributed by atoms with E-state index >= 15 is 0 Å². The number of nitrogens with zero attached hydrogens (tertiary/aromatic N) is 4. The van der Waals surface area contributed by atoms with E-state index in [1.54, 1.807) is 0 Å². The van der Waals surface area contributed by atoms with Crippen molar-refractivity contribution in [3.63, 3.8) is 0 Å². The molecule has 0 saturated heterocycles. The molecule has 2 aromatic heterocycles. The quantitative estimate of drug-likeness (QED) is 0.751. The minimum absolute atomic E-state index is 0.933. The molecule has 0 bridgehead atoms. The van der Waals surface area contributed by atoms with Crippen molar-refractivity contribution in [2.45, 2.75) is 25.9 Å². The molecule has 5 nitrogen and oxygen atoms in total. The van der Waals surface area contributed by atoms with E-state index in [4.69, 9.17) is 0 Å². The Morgan fingerprint density at radius 1 is 1.19 bits per heavy atom. The molecule has 0 amide bonds. The first-order valence-electron chi connectivity index (χ1n) is 5.55. The Morgan fingerprint density at radius 3 is 2.81 bits per heavy atom. The van der Waals surface area contributed by atoms with Crippen LogP contribution in [0.3, 0.4) is 0 Å². The Labute approximate surface area is 95.1 Å². The molecule has 0 aliphatic heterocycles. The zero-order valence-electron chi connectivity index (χ0n) is 9.50. The van der Waals surface area contributed by atoms with Crippen molar-refractivity contribution in [3.8, 4) is 0 Å². The van der Waals surface area contributed by atoms with Gasteiger partial charge in [0.15, 0.2) is 0 Å². The predicted molar refractivity (Wildman–Crippen MR) is 63.2 cm³/mol. The van der Waals surface area contributed by atoms with Crippen LogP contribution in [-0.2, 0) is 13.1 Å². The van der Waals surface area contributed by atoms with E-state index in [1.807, 2.05) is 38.2 Å². The van der Waals surface area contributed by atoms with Gasteiger partial charge in [0.05, 0.1) is 6.33 Å². The van der Waals surface area contributed by atoms with Crippen LogP contribution >= 0.6 is 0 Å². The van der Waals surface area contributed by atoms with Gasteiger partial charge in [0.2, 0.25) is 5.95 Å². The molecule has 0 aliphatic carbocycles. The number of nitrogens with one attached hydrogen (secondary N) is 1. The lowest BCUT2D eigenvalue weighted by Crippen LogP contribution is -2.04. The van der Waals surface area contributed by atoms with Crippen molar-refractivity contribution >= 4 is 5.95 Å². The second-order valence-corrected chi connectivity index (χ2v) is 3.70. The summed E-state index contributed by atoms with van der Waals surface area (Å²) in [6.45, 7) is 2.04. The first-order chi connectivity index (χ1) is 7.90. The molecule has 0 fully saturated rings. The number of aryl methyl sites for hydroxylation is 2. The molecule has 2 heterocycles. The summed E-state index contributed by atoms with van der Waals surface area (Å²) in [5, 5.41) is 3.07. The number of imidazole rings is 2. The van der Waals surface area contributed by atoms with Gasteiger partial charge in [0.1, 0.15) is 0 Å². The Balaban J connectivity index is 1.72. The molecular formula is C11H17N5. The third-order valence-electron chi connectivity index (χ3n) is 2.56. The largest absolute Gasteiger partial charge is 0.359 e. The number of unbranched alkanes of at least 4 members (excludes halogenated alkanes) is 1. The summed E-state index contributed by atoms with van der Waals surface area (Å²) >= 11 is 0. The maximum atomic E-state index is 4.20. The SMILES string of the molecule is CNc1nccn1CCCCn1ccnc1. The molecule has 0 radical (unpaired) electrons. The molecule has 0 spiro atoms. The zero-order valence-corrected chi connectivity index (χ0v) is 9.50. The zero-order chi connectivity index (χ0) is 11.2. The van der Waals surface area contributed by atoms with Crippen molar-refractivity contribution in [1.29, 1.82) is 0 Å². The summed E-state index contributed by atoms with van der Waals surface area (Å²) in [6, 6.07) is 0. The summed E-state index contributed by atoms with van der Waals surface area (Å²) in [6.07, 6.45) is 11.8. The van der Waals surface area contributed by atoms with Gasteiger partial charge in [0, 0.05) is 44.9 Å². The number of aromatic nitrogens is 4. The number of hydrogen-bond acceptors (Lipinski definition) is 3. The lowest BCUT2D eigenvalue weighted by atomic mass is 10.3. The highest BCUT2D eigenvalue weighted by atomic mass is 15.2. The fourth-order valence-corrected chi connectivity index (χ4v) is 1.71. The summed E-state index contributed by atoms with van der Waals surface area (Å²) in [4.78, 5) is 8.22. The highest BCUT2D eigenvalue weighted by molar-refractivity contribution is 5.23. The second-order valence-electron chi connectivity index (χ2n) is 3.70. The van der Waals surface area contributed by atoms with Crippen LogP contribution in [0, 0.1) is 0 Å². The van der Waals surface area contributed by atoms with E-state index in [0.29, 0.717) is 0 Å². The third-order valence-corrected chi connectivity index (χ3v) is 2.56. The van der Waals surface area contributed by atoms with Gasteiger partial charge in [0.25, 0.3) is 0 Å². The van der Waals surface area contributed by atoms with Crippen molar-refractivity contribution in [2.24, 2.45) is 0 Å². The molecule has 0 aromatic carbocycles. The average Bonchev–Trinajstić information content (AvgIpc) is 2.95. The van der Waals surface area contributed by atoms with Crippen LogP contribution in [0.25, 0.3) is 0 Å². The van der Waals surface area contributed by atoms with Gasteiger partial charge in [-0.2, -0.15) is 0 Å². The Hall–Kier alpha value is -1.78. The van der Waals surface area contributed by atoms with Crippen LogP contribution in [0.4, 0.5) is 5.95 Å². The molecule has 16 heavy (non-hydrogen) atoms. The Morgan fingerprint density at radius 2 is 2.06 bits per heavy atom. The highest BCUT2D eigenvalue weighted by Gasteiger charge is 1.99. The molecule has 86 valence electrons. The molecule has 2 rings (SSSR count). The summed E-state index contributed by atoms with van der Waals surface area (Å²) < 4.78 is 4.24. The van der Waals surface area contributed by atoms with E-state index in [1.165, 1.54) is 0 Å². The van der Waals surface area contributed by atoms with Crippen molar-refractivity contribution in [2.75, 3.05) is 12.4 Å². The van der Waals surface area contributed by atoms with Crippen LogP contribution in [0.2, 0.25) is 0 Å². The lowest BCUT2D eigenvalue weighted by Gasteiger charge is -2.07. The maximum Gasteiger partial charge on any atom is 0.202 e. The van der Waals surface area contributed by atoms with Crippen LogP contribution in [-0.4, -0.2) is 26.1 Å². The normalized spacial score (nSPS) is 10.6. The van der Waals surface area contributed by atoms with E-state index < -0.39 is 0 Å². The fourth-order valence-electron chi connectivity index (χ4n) is 1.71. The van der Waals surface area contributed by atoms with Crippen LogP contribution in [0.1, 0.15) is 12.8 Å². The van der Waals surface area contributed by atoms with E-state index in [2.05, 4.69) is 24.4 Å². The Kier molecular flexibility index (Phi) is 3.58. The monoisotopic (exact) mass is 219 g/mol. The standard InChI is InChI=1S/C11H17N5/c1-12-11-14-5-9-16(11)7-3-2-6-15-8-4-13-10-15/h4-5,8-10H,2-3,6-7H2,1H3,(H,12,14). The molecular weight excluding hydrogens is 202 g/mol. The van der Waals surface area contributed by atoms with Gasteiger partial charge < -0.3 is 14.5 Å². The first-order valence-corrected chi connectivity index (χ1v) is 5.55. The van der Waals surface area contributed by atoms with E-state index in [9.17, 15) is 0 Å². The van der Waals surface area contributed by atoms with Gasteiger partial charge in [-0.15, -0.1) is 0 Å². The summed E-state index contributed by atoms with van der Waals surface area (Å²) in [5.41, 5.74) is 0. The maximum absolute atomic E-state index is 4.20. The summed E-state index contributed by atoms with van der Waals surface area (Å²) in [5.74, 6) is 0.933. The fraction of sp³-hybridized carbons (Fsp3) is 0.455. The van der Waals surface area contributed by atoms with Crippen molar-refractivity contribution in [1.82, 2.24) is 19.1 Å². The molecule has 2 aromatic rings. The minimum atomic E-state index is 0.933. The first kappa shape index (κ1) is 10.7. The molecule has 0 aliphatic rings. The number of hydrogen-bond donors (Lipinski definition) is 1. The summed E-state index contributed by atoms with van der Waals surface area (Å²) in [7, 11) is 1.89. The lowest BCUT2D eigenvalue weighted by molar-refractivity contribution is 0.555. The van der Waals surface area contributed by atoms with Crippen LogP contribution in [0.15, 0.2) is 31.1 Å². The van der Waals surface area contributed by atoms with Gasteiger partial charge in [-0.3, -0.25) is 0 Å². The van der Waals surface area contributed by atoms with Crippen LogP contribution in [0.5, 0.6) is 0 Å².